The third-order valence-corrected chi connectivity index (χ3v) is 3.53. The third-order valence-electron chi connectivity index (χ3n) is 2.47. The minimum atomic E-state index is 0.520. The van der Waals surface area contributed by atoms with E-state index in [1.807, 2.05) is 31.3 Å². The Labute approximate surface area is 110 Å². The van der Waals surface area contributed by atoms with Crippen molar-refractivity contribution in [2.45, 2.75) is 13.5 Å². The average molecular weight is 264 g/mol. The maximum absolute atomic E-state index is 5.59. The van der Waals surface area contributed by atoms with Crippen molar-refractivity contribution in [1.29, 1.82) is 0 Å². The van der Waals surface area contributed by atoms with Gasteiger partial charge in [0.1, 0.15) is 5.01 Å². The van der Waals surface area contributed by atoms with E-state index < -0.39 is 0 Å². The van der Waals surface area contributed by atoms with E-state index in [0.717, 1.165) is 26.9 Å². The van der Waals surface area contributed by atoms with Crippen molar-refractivity contribution in [3.63, 3.8) is 0 Å². The number of nitrogens with two attached hydrogens (primary N) is 1. The molecule has 96 valence electrons. The molecular weight excluding hydrogens is 248 g/mol. The molecule has 0 atom stereocenters. The quantitative estimate of drug-likeness (QED) is 0.902. The van der Waals surface area contributed by atoms with E-state index in [-0.39, 0.29) is 0 Å². The van der Waals surface area contributed by atoms with Crippen LogP contribution in [0, 0.1) is 0 Å². The summed E-state index contributed by atoms with van der Waals surface area (Å²) < 4.78 is 10.8. The zero-order valence-corrected chi connectivity index (χ0v) is 11.3. The molecule has 0 saturated heterocycles. The van der Waals surface area contributed by atoms with Crippen molar-refractivity contribution in [2.75, 3.05) is 13.7 Å². The molecule has 0 unspecified atom stereocenters. The Morgan fingerprint density at radius 1 is 1.33 bits per heavy atom. The molecule has 1 aromatic carbocycles. The van der Waals surface area contributed by atoms with Gasteiger partial charge in [-0.05, 0) is 25.1 Å². The maximum atomic E-state index is 5.59. The first-order chi connectivity index (χ1) is 8.78. The van der Waals surface area contributed by atoms with Crippen molar-refractivity contribution in [1.82, 2.24) is 4.98 Å². The zero-order valence-electron chi connectivity index (χ0n) is 10.5. The number of aromatic nitrogens is 1. The Kier molecular flexibility index (Phi) is 4.17. The first-order valence-electron chi connectivity index (χ1n) is 5.74. The number of hydrogen-bond acceptors (Lipinski definition) is 5. The summed E-state index contributed by atoms with van der Waals surface area (Å²) in [6, 6.07) is 5.81. The smallest absolute Gasteiger partial charge is 0.161 e. The molecule has 5 heteroatoms. The van der Waals surface area contributed by atoms with Gasteiger partial charge in [-0.25, -0.2) is 4.98 Å². The van der Waals surface area contributed by atoms with Gasteiger partial charge in [-0.2, -0.15) is 0 Å². The van der Waals surface area contributed by atoms with Gasteiger partial charge in [-0.15, -0.1) is 11.3 Å². The zero-order chi connectivity index (χ0) is 13.0. The lowest BCUT2D eigenvalue weighted by atomic mass is 10.2. The highest BCUT2D eigenvalue weighted by Gasteiger charge is 2.09. The van der Waals surface area contributed by atoms with Crippen molar-refractivity contribution in [2.24, 2.45) is 5.73 Å². The molecular formula is C13H16N2O2S. The van der Waals surface area contributed by atoms with Crippen molar-refractivity contribution in [3.8, 4) is 22.1 Å². The standard InChI is InChI=1S/C13H16N2O2S/c1-3-17-12-6-9(4-5-11(12)16-2)13-15-8-10(7-14)18-13/h4-6,8H,3,7,14H2,1-2H3. The molecule has 1 aromatic heterocycles. The number of hydrogen-bond donors (Lipinski definition) is 1. The average Bonchev–Trinajstić information content (AvgIpc) is 2.88. The molecule has 18 heavy (non-hydrogen) atoms. The summed E-state index contributed by atoms with van der Waals surface area (Å²) >= 11 is 1.59. The number of rotatable bonds is 5. The summed E-state index contributed by atoms with van der Waals surface area (Å²) in [7, 11) is 1.63. The highest BCUT2D eigenvalue weighted by atomic mass is 32.1. The van der Waals surface area contributed by atoms with Crippen LogP contribution in [0.25, 0.3) is 10.6 Å². The molecule has 2 N–H and O–H groups in total. The van der Waals surface area contributed by atoms with E-state index in [1.165, 1.54) is 0 Å². The van der Waals surface area contributed by atoms with Gasteiger partial charge >= 0.3 is 0 Å². The van der Waals surface area contributed by atoms with Gasteiger partial charge in [-0.1, -0.05) is 0 Å². The SMILES string of the molecule is CCOc1cc(-c2ncc(CN)s2)ccc1OC. The molecule has 0 bridgehead atoms. The molecule has 0 saturated carbocycles. The van der Waals surface area contributed by atoms with Gasteiger partial charge in [0, 0.05) is 23.2 Å². The Morgan fingerprint density at radius 2 is 2.17 bits per heavy atom. The fraction of sp³-hybridized carbons (Fsp3) is 0.308. The summed E-state index contributed by atoms with van der Waals surface area (Å²) in [4.78, 5) is 5.42. The first-order valence-corrected chi connectivity index (χ1v) is 6.56. The van der Waals surface area contributed by atoms with Crippen LogP contribution in [0.1, 0.15) is 11.8 Å². The van der Waals surface area contributed by atoms with Gasteiger partial charge in [0.2, 0.25) is 0 Å². The van der Waals surface area contributed by atoms with Crippen molar-refractivity contribution in [3.05, 3.63) is 29.3 Å². The Bertz CT molecular complexity index is 525. The van der Waals surface area contributed by atoms with Crippen LogP contribution in [0.15, 0.2) is 24.4 Å². The normalized spacial score (nSPS) is 10.4. The second-order valence-corrected chi connectivity index (χ2v) is 4.75. The topological polar surface area (TPSA) is 57.4 Å². The van der Waals surface area contributed by atoms with Crippen LogP contribution in [0.5, 0.6) is 11.5 Å². The van der Waals surface area contributed by atoms with Gasteiger partial charge in [0.25, 0.3) is 0 Å². The summed E-state index contributed by atoms with van der Waals surface area (Å²) in [5.41, 5.74) is 6.61. The highest BCUT2D eigenvalue weighted by molar-refractivity contribution is 7.15. The number of benzene rings is 1. The third kappa shape index (κ3) is 2.63. The van der Waals surface area contributed by atoms with Crippen LogP contribution >= 0.6 is 11.3 Å². The molecule has 2 aromatic rings. The Hall–Kier alpha value is -1.59. The number of nitrogens with zero attached hydrogens (tertiary/aromatic N) is 1. The lowest BCUT2D eigenvalue weighted by Gasteiger charge is -2.09. The van der Waals surface area contributed by atoms with E-state index in [2.05, 4.69) is 4.98 Å². The molecule has 0 amide bonds. The van der Waals surface area contributed by atoms with E-state index >= 15 is 0 Å². The van der Waals surface area contributed by atoms with E-state index in [4.69, 9.17) is 15.2 Å². The van der Waals surface area contributed by atoms with Gasteiger partial charge < -0.3 is 15.2 Å². The second-order valence-electron chi connectivity index (χ2n) is 3.63. The molecule has 2 rings (SSSR count). The van der Waals surface area contributed by atoms with Crippen LogP contribution in [0.2, 0.25) is 0 Å². The summed E-state index contributed by atoms with van der Waals surface area (Å²) in [5, 5.41) is 0.944. The summed E-state index contributed by atoms with van der Waals surface area (Å²) in [6.07, 6.45) is 1.81. The lowest BCUT2D eigenvalue weighted by Crippen LogP contribution is -1.95. The Morgan fingerprint density at radius 3 is 2.78 bits per heavy atom. The van der Waals surface area contributed by atoms with E-state index in [9.17, 15) is 0 Å². The molecule has 0 spiro atoms. The minimum absolute atomic E-state index is 0.520. The van der Waals surface area contributed by atoms with Crippen LogP contribution in [0.3, 0.4) is 0 Å². The monoisotopic (exact) mass is 264 g/mol. The molecule has 4 nitrogen and oxygen atoms in total. The number of ether oxygens (including phenoxy) is 2. The highest BCUT2D eigenvalue weighted by Crippen LogP contribution is 2.34. The molecule has 0 radical (unpaired) electrons. The van der Waals surface area contributed by atoms with E-state index in [0.29, 0.717) is 13.2 Å². The molecule has 0 aliphatic heterocycles. The molecule has 0 fully saturated rings. The first kappa shape index (κ1) is 12.9. The van der Waals surface area contributed by atoms with Gasteiger partial charge in [0.05, 0.1) is 13.7 Å². The minimum Gasteiger partial charge on any atom is -0.493 e. The lowest BCUT2D eigenvalue weighted by molar-refractivity contribution is 0.311. The number of thiazole rings is 1. The molecule has 0 aliphatic rings. The fourth-order valence-corrected chi connectivity index (χ4v) is 2.40. The molecule has 0 aliphatic carbocycles. The summed E-state index contributed by atoms with van der Waals surface area (Å²) in [6.45, 7) is 3.07. The fourth-order valence-electron chi connectivity index (χ4n) is 1.61. The van der Waals surface area contributed by atoms with Crippen molar-refractivity contribution >= 4 is 11.3 Å². The predicted octanol–water partition coefficient (Wildman–Crippen LogP) is 2.68. The van der Waals surface area contributed by atoms with Gasteiger partial charge in [0.15, 0.2) is 11.5 Å². The number of methoxy groups -OCH3 is 1. The molecule has 1 heterocycles. The van der Waals surface area contributed by atoms with Crippen LogP contribution in [0.4, 0.5) is 0 Å². The van der Waals surface area contributed by atoms with Crippen LogP contribution in [-0.4, -0.2) is 18.7 Å². The predicted molar refractivity (Wildman–Crippen MR) is 73.2 cm³/mol. The van der Waals surface area contributed by atoms with Crippen molar-refractivity contribution < 1.29 is 9.47 Å². The largest absolute Gasteiger partial charge is 0.493 e. The van der Waals surface area contributed by atoms with Crippen LogP contribution < -0.4 is 15.2 Å². The maximum Gasteiger partial charge on any atom is 0.161 e. The van der Waals surface area contributed by atoms with Crippen LogP contribution in [-0.2, 0) is 6.54 Å². The second kappa shape index (κ2) is 5.84. The van der Waals surface area contributed by atoms with E-state index in [1.54, 1.807) is 18.4 Å². The Balaban J connectivity index is 2.36. The van der Waals surface area contributed by atoms with Gasteiger partial charge in [-0.3, -0.25) is 0 Å². The summed E-state index contributed by atoms with van der Waals surface area (Å²) in [5.74, 6) is 1.47.